The first-order valence-corrected chi connectivity index (χ1v) is 11.1. The second-order valence-corrected chi connectivity index (χ2v) is 9.46. The minimum atomic E-state index is -0.162. The van der Waals surface area contributed by atoms with Gasteiger partial charge in [-0.3, -0.25) is 14.5 Å². The molecule has 1 fully saturated rings. The zero-order valence-corrected chi connectivity index (χ0v) is 18.9. The molecule has 3 aromatic carbocycles. The summed E-state index contributed by atoms with van der Waals surface area (Å²) in [6.45, 7) is 8.12. The van der Waals surface area contributed by atoms with E-state index in [0.717, 1.165) is 6.54 Å². The minimum Gasteiger partial charge on any atom is -0.326 e. The number of hydrogen-bond acceptors (Lipinski definition) is 3. The zero-order valence-electron chi connectivity index (χ0n) is 18.9. The normalized spacial score (nSPS) is 19.0. The molecule has 164 valence electrons. The zero-order chi connectivity index (χ0) is 22.7. The summed E-state index contributed by atoms with van der Waals surface area (Å²) in [6.07, 6.45) is 0. The molecule has 0 spiro atoms. The summed E-state index contributed by atoms with van der Waals surface area (Å²) in [7, 11) is 0. The largest absolute Gasteiger partial charge is 0.326 e. The maximum Gasteiger partial charge on any atom is 0.229 e. The van der Waals surface area contributed by atoms with E-state index in [1.165, 1.54) is 5.56 Å². The van der Waals surface area contributed by atoms with E-state index in [-0.39, 0.29) is 29.1 Å². The van der Waals surface area contributed by atoms with Crippen molar-refractivity contribution in [2.45, 2.75) is 32.2 Å². The van der Waals surface area contributed by atoms with E-state index in [4.69, 9.17) is 0 Å². The number of hydrogen-bond donors (Lipinski definition) is 1. The van der Waals surface area contributed by atoms with Gasteiger partial charge in [0.25, 0.3) is 0 Å². The van der Waals surface area contributed by atoms with Crippen LogP contribution in [0.5, 0.6) is 0 Å². The molecule has 1 heterocycles. The first-order valence-electron chi connectivity index (χ1n) is 11.1. The molecule has 1 N–H and O–H groups in total. The van der Waals surface area contributed by atoms with Gasteiger partial charge in [0.05, 0.1) is 5.92 Å². The smallest absolute Gasteiger partial charge is 0.229 e. The van der Waals surface area contributed by atoms with Crippen molar-refractivity contribution < 1.29 is 9.59 Å². The molecule has 4 heteroatoms. The second-order valence-electron chi connectivity index (χ2n) is 9.46. The van der Waals surface area contributed by atoms with Gasteiger partial charge in [0.15, 0.2) is 5.78 Å². The van der Waals surface area contributed by atoms with Crippen LogP contribution in [0.1, 0.15) is 48.2 Å². The van der Waals surface area contributed by atoms with Gasteiger partial charge >= 0.3 is 0 Å². The van der Waals surface area contributed by atoms with E-state index >= 15 is 0 Å². The van der Waals surface area contributed by atoms with E-state index in [2.05, 4.69) is 43.1 Å². The molecular weight excluding hydrogens is 396 g/mol. The number of ketones is 1. The molecule has 0 bridgehead atoms. The summed E-state index contributed by atoms with van der Waals surface area (Å²) in [6, 6.07) is 26.7. The molecule has 0 unspecified atom stereocenters. The third kappa shape index (κ3) is 4.81. The molecule has 2 atom stereocenters. The van der Waals surface area contributed by atoms with Crippen LogP contribution in [0.15, 0.2) is 84.9 Å². The Morgan fingerprint density at radius 2 is 1.44 bits per heavy atom. The molecule has 0 aromatic heterocycles. The Balaban J connectivity index is 1.55. The lowest BCUT2D eigenvalue weighted by Gasteiger charge is -2.31. The van der Waals surface area contributed by atoms with Gasteiger partial charge < -0.3 is 5.32 Å². The van der Waals surface area contributed by atoms with Crippen LogP contribution in [0.25, 0.3) is 0 Å². The fourth-order valence-electron chi connectivity index (χ4n) is 4.38. The van der Waals surface area contributed by atoms with Crippen molar-refractivity contribution in [3.63, 3.8) is 0 Å². The van der Waals surface area contributed by atoms with Crippen molar-refractivity contribution in [1.29, 1.82) is 0 Å². The van der Waals surface area contributed by atoms with Gasteiger partial charge in [0.2, 0.25) is 5.91 Å². The molecule has 4 rings (SSSR count). The van der Waals surface area contributed by atoms with Gasteiger partial charge in [0.1, 0.15) is 0 Å². The SMILES string of the molecule is CC(C)(C)N1C[C@@H](C(=O)Nc2cccc(C(=O)c3ccccc3)c2)[C@H](c2ccccc2)C1. The third-order valence-electron chi connectivity index (χ3n) is 6.26. The number of nitrogens with one attached hydrogen (secondary N) is 1. The number of anilines is 1. The monoisotopic (exact) mass is 426 g/mol. The quantitative estimate of drug-likeness (QED) is 0.558. The first kappa shape index (κ1) is 22.0. The van der Waals surface area contributed by atoms with Gasteiger partial charge in [-0.05, 0) is 38.5 Å². The predicted octanol–water partition coefficient (Wildman–Crippen LogP) is 5.37. The number of nitrogens with zero attached hydrogens (tertiary/aromatic N) is 1. The van der Waals surface area contributed by atoms with Crippen molar-refractivity contribution in [1.82, 2.24) is 4.90 Å². The number of carbonyl (C=O) groups is 2. The first-order chi connectivity index (χ1) is 15.3. The molecule has 0 radical (unpaired) electrons. The van der Waals surface area contributed by atoms with E-state index < -0.39 is 0 Å². The number of benzene rings is 3. The van der Waals surface area contributed by atoms with Crippen LogP contribution >= 0.6 is 0 Å². The number of carbonyl (C=O) groups excluding carboxylic acids is 2. The van der Waals surface area contributed by atoms with E-state index in [9.17, 15) is 9.59 Å². The van der Waals surface area contributed by atoms with Gasteiger partial charge in [-0.15, -0.1) is 0 Å². The Bertz CT molecular complexity index is 1090. The number of likely N-dealkylation sites (tertiary alicyclic amines) is 1. The lowest BCUT2D eigenvalue weighted by Crippen LogP contribution is -2.40. The maximum atomic E-state index is 13.4. The Morgan fingerprint density at radius 3 is 2.09 bits per heavy atom. The average molecular weight is 427 g/mol. The van der Waals surface area contributed by atoms with Crippen LogP contribution in [-0.4, -0.2) is 35.2 Å². The lowest BCUT2D eigenvalue weighted by atomic mass is 9.88. The Kier molecular flexibility index (Phi) is 6.24. The van der Waals surface area contributed by atoms with Crippen LogP contribution in [0.2, 0.25) is 0 Å². The highest BCUT2D eigenvalue weighted by Gasteiger charge is 2.41. The molecule has 1 aliphatic rings. The lowest BCUT2D eigenvalue weighted by molar-refractivity contribution is -0.120. The minimum absolute atomic E-state index is 0.00471. The summed E-state index contributed by atoms with van der Waals surface area (Å²) in [5, 5.41) is 3.08. The van der Waals surface area contributed by atoms with Crippen LogP contribution in [-0.2, 0) is 4.79 Å². The standard InChI is InChI=1S/C28H30N2O2/c1-28(2,3)30-18-24(20-11-6-4-7-12-20)25(19-30)27(32)29-23-16-10-15-22(17-23)26(31)21-13-8-5-9-14-21/h4-17,24-25H,18-19H2,1-3H3,(H,29,32)/t24-,25+/m0/s1. The van der Waals surface area contributed by atoms with Crippen molar-refractivity contribution in [3.8, 4) is 0 Å². The highest BCUT2D eigenvalue weighted by Crippen LogP contribution is 2.36. The van der Waals surface area contributed by atoms with Crippen molar-refractivity contribution >= 4 is 17.4 Å². The van der Waals surface area contributed by atoms with E-state index in [0.29, 0.717) is 23.4 Å². The Hall–Kier alpha value is -3.24. The second kappa shape index (κ2) is 9.09. The summed E-state index contributed by atoms with van der Waals surface area (Å²) in [5.74, 6) is -0.0896. The molecule has 32 heavy (non-hydrogen) atoms. The molecule has 1 amide bonds. The predicted molar refractivity (Wildman–Crippen MR) is 129 cm³/mol. The fourth-order valence-corrected chi connectivity index (χ4v) is 4.38. The van der Waals surface area contributed by atoms with E-state index in [1.807, 2.05) is 48.5 Å². The summed E-state index contributed by atoms with van der Waals surface area (Å²) in [5.41, 5.74) is 3.03. The number of rotatable bonds is 5. The van der Waals surface area contributed by atoms with Crippen LogP contribution in [0.3, 0.4) is 0 Å². The highest BCUT2D eigenvalue weighted by atomic mass is 16.2. The number of amides is 1. The molecule has 0 aliphatic carbocycles. The van der Waals surface area contributed by atoms with Crippen LogP contribution < -0.4 is 5.32 Å². The summed E-state index contributed by atoms with van der Waals surface area (Å²) >= 11 is 0. The molecule has 3 aromatic rings. The topological polar surface area (TPSA) is 49.4 Å². The molecule has 1 saturated heterocycles. The molecule has 4 nitrogen and oxygen atoms in total. The van der Waals surface area contributed by atoms with Crippen LogP contribution in [0.4, 0.5) is 5.69 Å². The van der Waals surface area contributed by atoms with Crippen molar-refractivity contribution in [2.24, 2.45) is 5.92 Å². The molecular formula is C28H30N2O2. The van der Waals surface area contributed by atoms with Gasteiger partial charge in [0, 0.05) is 41.4 Å². The van der Waals surface area contributed by atoms with Crippen molar-refractivity contribution in [3.05, 3.63) is 102 Å². The molecule has 0 saturated carbocycles. The highest BCUT2D eigenvalue weighted by molar-refractivity contribution is 6.09. The fraction of sp³-hybridized carbons (Fsp3) is 0.286. The maximum absolute atomic E-state index is 13.4. The van der Waals surface area contributed by atoms with Gasteiger partial charge in [-0.1, -0.05) is 72.8 Å². The van der Waals surface area contributed by atoms with Gasteiger partial charge in [-0.25, -0.2) is 0 Å². The third-order valence-corrected chi connectivity index (χ3v) is 6.26. The average Bonchev–Trinajstić information content (AvgIpc) is 3.26. The summed E-state index contributed by atoms with van der Waals surface area (Å²) in [4.78, 5) is 28.6. The Labute approximate surface area is 190 Å². The van der Waals surface area contributed by atoms with Gasteiger partial charge in [-0.2, -0.15) is 0 Å². The Morgan fingerprint density at radius 1 is 0.812 bits per heavy atom. The van der Waals surface area contributed by atoms with Crippen LogP contribution in [0, 0.1) is 5.92 Å². The van der Waals surface area contributed by atoms with Crippen molar-refractivity contribution in [2.75, 3.05) is 18.4 Å². The van der Waals surface area contributed by atoms with E-state index in [1.54, 1.807) is 24.3 Å². The summed E-state index contributed by atoms with van der Waals surface area (Å²) < 4.78 is 0. The molecule has 1 aliphatic heterocycles.